The molecule has 0 radical (unpaired) electrons. The van der Waals surface area contributed by atoms with E-state index in [4.69, 9.17) is 0 Å². The molecule has 1 amide bonds. The molecule has 5 heteroatoms. The van der Waals surface area contributed by atoms with E-state index in [-0.39, 0.29) is 11.9 Å². The largest absolute Gasteiger partial charge is 0.334 e. The molecular weight excluding hydrogens is 324 g/mol. The Bertz CT molecular complexity index is 899. The number of hydrogen-bond donors (Lipinski definition) is 0. The number of carbonyl (C=O) groups is 1. The van der Waals surface area contributed by atoms with Crippen LogP contribution < -0.4 is 0 Å². The van der Waals surface area contributed by atoms with Crippen molar-refractivity contribution in [1.82, 2.24) is 19.7 Å². The fraction of sp³-hybridized carbons (Fsp3) is 0.381. The number of nitrogens with zero attached hydrogens (tertiary/aromatic N) is 4. The summed E-state index contributed by atoms with van der Waals surface area (Å²) in [5, 5.41) is 5.32. The van der Waals surface area contributed by atoms with E-state index < -0.39 is 0 Å². The Balaban J connectivity index is 1.94. The molecule has 0 N–H and O–H groups in total. The van der Waals surface area contributed by atoms with Crippen molar-refractivity contribution in [3.63, 3.8) is 0 Å². The van der Waals surface area contributed by atoms with Gasteiger partial charge in [0.15, 0.2) is 5.65 Å². The molecule has 136 valence electrons. The van der Waals surface area contributed by atoms with Gasteiger partial charge in [0.05, 0.1) is 17.5 Å². The molecule has 2 aromatic heterocycles. The molecule has 0 atom stereocenters. The van der Waals surface area contributed by atoms with Gasteiger partial charge in [0.2, 0.25) is 0 Å². The SMILES string of the molecule is CCCN(Cc1ccccc1)C(=O)c1cc2cnn(C(C)C)c2nc1C. The van der Waals surface area contributed by atoms with E-state index in [9.17, 15) is 4.79 Å². The summed E-state index contributed by atoms with van der Waals surface area (Å²) in [4.78, 5) is 19.8. The molecule has 2 heterocycles. The lowest BCUT2D eigenvalue weighted by atomic mass is 10.1. The molecule has 26 heavy (non-hydrogen) atoms. The summed E-state index contributed by atoms with van der Waals surface area (Å²) in [6.45, 7) is 9.46. The van der Waals surface area contributed by atoms with Crippen molar-refractivity contribution in [3.8, 4) is 0 Å². The fourth-order valence-corrected chi connectivity index (χ4v) is 3.16. The maximum Gasteiger partial charge on any atom is 0.256 e. The minimum absolute atomic E-state index is 0.0277. The second kappa shape index (κ2) is 7.68. The van der Waals surface area contributed by atoms with E-state index in [1.165, 1.54) is 0 Å². The molecule has 3 aromatic rings. The van der Waals surface area contributed by atoms with Crippen LogP contribution >= 0.6 is 0 Å². The van der Waals surface area contributed by atoms with Gasteiger partial charge in [0.25, 0.3) is 5.91 Å². The monoisotopic (exact) mass is 350 g/mol. The number of benzene rings is 1. The Labute approximate surface area is 154 Å². The van der Waals surface area contributed by atoms with Crippen molar-refractivity contribution in [2.24, 2.45) is 0 Å². The number of hydrogen-bond acceptors (Lipinski definition) is 3. The van der Waals surface area contributed by atoms with E-state index >= 15 is 0 Å². The molecule has 5 nitrogen and oxygen atoms in total. The summed E-state index contributed by atoms with van der Waals surface area (Å²) in [5.41, 5.74) is 3.37. The third kappa shape index (κ3) is 3.62. The summed E-state index contributed by atoms with van der Waals surface area (Å²) >= 11 is 0. The molecule has 0 fully saturated rings. The van der Waals surface area contributed by atoms with Crippen molar-refractivity contribution in [2.75, 3.05) is 6.54 Å². The van der Waals surface area contributed by atoms with Crippen LogP contribution in [0.15, 0.2) is 42.6 Å². The van der Waals surface area contributed by atoms with Gasteiger partial charge in [0.1, 0.15) is 0 Å². The lowest BCUT2D eigenvalue weighted by molar-refractivity contribution is 0.0742. The second-order valence-electron chi connectivity index (χ2n) is 6.93. The van der Waals surface area contributed by atoms with Crippen LogP contribution in [0, 0.1) is 6.92 Å². The lowest BCUT2D eigenvalue weighted by Gasteiger charge is -2.23. The maximum atomic E-state index is 13.2. The minimum atomic E-state index is 0.0277. The van der Waals surface area contributed by atoms with Gasteiger partial charge in [-0.1, -0.05) is 37.3 Å². The highest BCUT2D eigenvalue weighted by atomic mass is 16.2. The van der Waals surface area contributed by atoms with E-state index in [1.54, 1.807) is 6.20 Å². The summed E-state index contributed by atoms with van der Waals surface area (Å²) in [7, 11) is 0. The zero-order valence-electron chi connectivity index (χ0n) is 15.9. The average molecular weight is 350 g/mol. The standard InChI is InChI=1S/C21H26N4O/c1-5-11-24(14-17-9-7-6-8-10-17)21(26)19-12-18-13-22-25(15(2)3)20(18)23-16(19)4/h6-10,12-13,15H,5,11,14H2,1-4H3. The smallest absolute Gasteiger partial charge is 0.256 e. The summed E-state index contributed by atoms with van der Waals surface area (Å²) in [5.74, 6) is 0.0277. The van der Waals surface area contributed by atoms with Crippen LogP contribution in [0.1, 0.15) is 54.8 Å². The molecule has 0 saturated heterocycles. The van der Waals surface area contributed by atoms with E-state index in [0.29, 0.717) is 12.1 Å². The first-order valence-corrected chi connectivity index (χ1v) is 9.19. The quantitative estimate of drug-likeness (QED) is 0.663. The predicted octanol–water partition coefficient (Wildman–Crippen LogP) is 4.37. The number of fused-ring (bicyclic) bond motifs is 1. The first-order valence-electron chi connectivity index (χ1n) is 9.19. The van der Waals surface area contributed by atoms with E-state index in [1.807, 2.05) is 40.8 Å². The number of carbonyl (C=O) groups excluding carboxylic acids is 1. The normalized spacial score (nSPS) is 11.3. The zero-order chi connectivity index (χ0) is 18.7. The Kier molecular flexibility index (Phi) is 5.35. The van der Waals surface area contributed by atoms with Crippen LogP contribution in [-0.2, 0) is 6.54 Å². The number of amides is 1. The molecular formula is C21H26N4O. The minimum Gasteiger partial charge on any atom is -0.334 e. The Morgan fingerprint density at radius 1 is 1.23 bits per heavy atom. The Morgan fingerprint density at radius 2 is 1.96 bits per heavy atom. The highest BCUT2D eigenvalue weighted by molar-refractivity contribution is 5.98. The van der Waals surface area contributed by atoms with E-state index in [2.05, 4.69) is 43.0 Å². The molecule has 0 spiro atoms. The third-order valence-corrected chi connectivity index (χ3v) is 4.48. The molecule has 1 aromatic carbocycles. The number of aryl methyl sites for hydroxylation is 1. The van der Waals surface area contributed by atoms with Crippen LogP contribution in [0.2, 0.25) is 0 Å². The van der Waals surface area contributed by atoms with Gasteiger partial charge in [-0.15, -0.1) is 0 Å². The molecule has 3 rings (SSSR count). The van der Waals surface area contributed by atoms with Gasteiger partial charge >= 0.3 is 0 Å². The first kappa shape index (κ1) is 18.1. The number of rotatable bonds is 6. The second-order valence-corrected chi connectivity index (χ2v) is 6.93. The van der Waals surface area contributed by atoms with Gasteiger partial charge in [-0.25, -0.2) is 9.67 Å². The number of aromatic nitrogens is 3. The lowest BCUT2D eigenvalue weighted by Crippen LogP contribution is -2.32. The van der Waals surface area contributed by atoms with Crippen molar-refractivity contribution in [2.45, 2.75) is 46.7 Å². The number of pyridine rings is 1. The van der Waals surface area contributed by atoms with Gasteiger partial charge < -0.3 is 4.90 Å². The topological polar surface area (TPSA) is 51.0 Å². The van der Waals surface area contributed by atoms with E-state index in [0.717, 1.165) is 35.3 Å². The van der Waals surface area contributed by atoms with Crippen LogP contribution in [0.25, 0.3) is 11.0 Å². The van der Waals surface area contributed by atoms with Crippen LogP contribution in [-0.4, -0.2) is 32.1 Å². The van der Waals surface area contributed by atoms with Crippen molar-refractivity contribution < 1.29 is 4.79 Å². The summed E-state index contributed by atoms with van der Waals surface area (Å²) in [6.07, 6.45) is 2.71. The van der Waals surface area contributed by atoms with Crippen molar-refractivity contribution in [3.05, 3.63) is 59.4 Å². The molecule has 0 bridgehead atoms. The molecule has 0 saturated carbocycles. The third-order valence-electron chi connectivity index (χ3n) is 4.48. The van der Waals surface area contributed by atoms with Crippen LogP contribution in [0.3, 0.4) is 0 Å². The van der Waals surface area contributed by atoms with Gasteiger partial charge in [-0.2, -0.15) is 5.10 Å². The molecule has 0 aliphatic rings. The maximum absolute atomic E-state index is 13.2. The van der Waals surface area contributed by atoms with Crippen molar-refractivity contribution in [1.29, 1.82) is 0 Å². The first-order chi connectivity index (χ1) is 12.5. The molecule has 0 aliphatic heterocycles. The highest BCUT2D eigenvalue weighted by Crippen LogP contribution is 2.21. The van der Waals surface area contributed by atoms with Gasteiger partial charge in [0, 0.05) is 24.5 Å². The molecule has 0 aliphatic carbocycles. The summed E-state index contributed by atoms with van der Waals surface area (Å²) in [6, 6.07) is 12.3. The predicted molar refractivity (Wildman–Crippen MR) is 104 cm³/mol. The van der Waals surface area contributed by atoms with Crippen LogP contribution in [0.5, 0.6) is 0 Å². The summed E-state index contributed by atoms with van der Waals surface area (Å²) < 4.78 is 1.89. The highest BCUT2D eigenvalue weighted by Gasteiger charge is 2.20. The van der Waals surface area contributed by atoms with Gasteiger partial charge in [-0.05, 0) is 38.8 Å². The Morgan fingerprint density at radius 3 is 2.62 bits per heavy atom. The van der Waals surface area contributed by atoms with Crippen molar-refractivity contribution >= 4 is 16.9 Å². The van der Waals surface area contributed by atoms with Gasteiger partial charge in [-0.3, -0.25) is 4.79 Å². The zero-order valence-corrected chi connectivity index (χ0v) is 15.9. The van der Waals surface area contributed by atoms with Crippen LogP contribution in [0.4, 0.5) is 0 Å². The Hall–Kier alpha value is -2.69. The molecule has 0 unspecified atom stereocenters. The fourth-order valence-electron chi connectivity index (χ4n) is 3.16. The average Bonchev–Trinajstić information content (AvgIpc) is 3.04.